The Morgan fingerprint density at radius 2 is 1.78 bits per heavy atom. The molecule has 1 unspecified atom stereocenters. The molecule has 0 saturated carbocycles. The fourth-order valence-corrected chi connectivity index (χ4v) is 5.23. The minimum Gasteiger partial charge on any atom is -0.345 e. The fourth-order valence-electron chi connectivity index (χ4n) is 3.97. The van der Waals surface area contributed by atoms with Gasteiger partial charge in [0.15, 0.2) is 5.43 Å². The number of rotatable bonds is 2. The van der Waals surface area contributed by atoms with Crippen LogP contribution in [-0.2, 0) is 12.6 Å². The number of hydrogen-bond donors (Lipinski definition) is 0. The summed E-state index contributed by atoms with van der Waals surface area (Å²) in [4.78, 5) is 27.8. The number of carbonyl (C=O) groups excluding carboxylic acids is 1. The Balaban J connectivity index is 2.06. The summed E-state index contributed by atoms with van der Waals surface area (Å²) in [6.45, 7) is 1.67. The van der Waals surface area contributed by atoms with Gasteiger partial charge >= 0.3 is 6.18 Å². The van der Waals surface area contributed by atoms with Gasteiger partial charge < -0.3 is 9.47 Å². The van der Waals surface area contributed by atoms with Crippen LogP contribution in [0.15, 0.2) is 64.3 Å². The zero-order valence-electron chi connectivity index (χ0n) is 17.7. The van der Waals surface area contributed by atoms with Gasteiger partial charge in [0.05, 0.1) is 11.3 Å². The van der Waals surface area contributed by atoms with Crippen LogP contribution in [0.25, 0.3) is 5.69 Å². The maximum absolute atomic E-state index is 13.5. The summed E-state index contributed by atoms with van der Waals surface area (Å²) in [6, 6.07) is 14.5. The van der Waals surface area contributed by atoms with Crippen molar-refractivity contribution in [3.8, 4) is 5.69 Å². The first-order valence-electron chi connectivity index (χ1n) is 9.98. The summed E-state index contributed by atoms with van der Waals surface area (Å²) in [7, 11) is 3.10. The monoisotopic (exact) mass is 458 g/mol. The number of nitrogens with zero attached hydrogens (tertiary/aromatic N) is 2. The number of thioether (sulfide) groups is 1. The largest absolute Gasteiger partial charge is 0.416 e. The highest BCUT2D eigenvalue weighted by atomic mass is 32.2. The van der Waals surface area contributed by atoms with E-state index in [1.54, 1.807) is 25.6 Å². The molecule has 1 atom stereocenters. The minimum absolute atomic E-state index is 0.00704. The van der Waals surface area contributed by atoms with E-state index in [0.29, 0.717) is 28.4 Å². The van der Waals surface area contributed by atoms with E-state index in [9.17, 15) is 22.8 Å². The first-order valence-corrected chi connectivity index (χ1v) is 10.9. The summed E-state index contributed by atoms with van der Waals surface area (Å²) < 4.78 is 42.2. The molecule has 0 spiro atoms. The first-order chi connectivity index (χ1) is 15.1. The lowest BCUT2D eigenvalue weighted by atomic mass is 10.0. The highest BCUT2D eigenvalue weighted by molar-refractivity contribution is 7.99. The van der Waals surface area contributed by atoms with Gasteiger partial charge in [-0.1, -0.05) is 30.3 Å². The second-order valence-electron chi connectivity index (χ2n) is 7.91. The Hall–Kier alpha value is -3.00. The molecule has 0 radical (unpaired) electrons. The quantitative estimate of drug-likeness (QED) is 0.526. The Labute approximate surface area is 187 Å². The van der Waals surface area contributed by atoms with Crippen LogP contribution in [0.3, 0.4) is 0 Å². The van der Waals surface area contributed by atoms with Crippen molar-refractivity contribution in [2.24, 2.45) is 0 Å². The molecule has 3 aromatic rings. The number of amides is 1. The molecule has 166 valence electrons. The molecule has 1 aromatic heterocycles. The van der Waals surface area contributed by atoms with Crippen molar-refractivity contribution in [2.75, 3.05) is 14.1 Å². The number of aromatic nitrogens is 1. The topological polar surface area (TPSA) is 42.3 Å². The van der Waals surface area contributed by atoms with Crippen LogP contribution in [0.5, 0.6) is 0 Å². The normalized spacial score (nSPS) is 15.5. The maximum Gasteiger partial charge on any atom is 0.416 e. The van der Waals surface area contributed by atoms with Crippen molar-refractivity contribution in [2.45, 2.75) is 29.7 Å². The second kappa shape index (κ2) is 8.16. The van der Waals surface area contributed by atoms with Crippen LogP contribution < -0.4 is 5.43 Å². The molecule has 0 N–H and O–H groups in total. The van der Waals surface area contributed by atoms with E-state index in [2.05, 4.69) is 0 Å². The van der Waals surface area contributed by atoms with Crippen molar-refractivity contribution in [3.05, 3.63) is 92.9 Å². The molecule has 8 heteroatoms. The van der Waals surface area contributed by atoms with E-state index in [-0.39, 0.29) is 10.8 Å². The molecule has 1 amide bonds. The molecule has 32 heavy (non-hydrogen) atoms. The number of hydrogen-bond acceptors (Lipinski definition) is 3. The third-order valence-corrected chi connectivity index (χ3v) is 6.79. The predicted molar refractivity (Wildman–Crippen MR) is 119 cm³/mol. The van der Waals surface area contributed by atoms with Crippen molar-refractivity contribution in [1.82, 2.24) is 9.47 Å². The van der Waals surface area contributed by atoms with Crippen molar-refractivity contribution in [3.63, 3.8) is 0 Å². The Bertz CT molecular complexity index is 1250. The summed E-state index contributed by atoms with van der Waals surface area (Å²) in [5.41, 5.74) is 0.979. The van der Waals surface area contributed by atoms with E-state index in [1.807, 2.05) is 30.3 Å². The zero-order chi connectivity index (χ0) is 23.2. The molecular formula is C24H21F3N2O2S. The van der Waals surface area contributed by atoms with Gasteiger partial charge in [0.1, 0.15) is 5.56 Å². The number of pyridine rings is 1. The van der Waals surface area contributed by atoms with Crippen LogP contribution >= 0.6 is 11.8 Å². The first kappa shape index (κ1) is 22.2. The lowest BCUT2D eigenvalue weighted by molar-refractivity contribution is -0.137. The highest BCUT2D eigenvalue weighted by Gasteiger charge is 2.34. The van der Waals surface area contributed by atoms with E-state index in [1.165, 1.54) is 28.8 Å². The number of carbonyl (C=O) groups is 1. The predicted octanol–water partition coefficient (Wildman–Crippen LogP) is 5.26. The number of fused-ring (bicyclic) bond motifs is 3. The van der Waals surface area contributed by atoms with Crippen LogP contribution in [0.1, 0.15) is 38.1 Å². The van der Waals surface area contributed by atoms with Crippen molar-refractivity contribution >= 4 is 17.7 Å². The van der Waals surface area contributed by atoms with E-state index in [4.69, 9.17) is 0 Å². The molecule has 0 aliphatic carbocycles. The van der Waals surface area contributed by atoms with Gasteiger partial charge in [0.25, 0.3) is 5.91 Å². The smallest absolute Gasteiger partial charge is 0.345 e. The van der Waals surface area contributed by atoms with Crippen LogP contribution in [-0.4, -0.2) is 29.5 Å². The molecule has 0 fully saturated rings. The average Bonchev–Trinajstić information content (AvgIpc) is 2.90. The Morgan fingerprint density at radius 1 is 1.09 bits per heavy atom. The van der Waals surface area contributed by atoms with Gasteiger partial charge in [0.2, 0.25) is 0 Å². The summed E-state index contributed by atoms with van der Waals surface area (Å²) >= 11 is 1.44. The van der Waals surface area contributed by atoms with Crippen molar-refractivity contribution < 1.29 is 18.0 Å². The van der Waals surface area contributed by atoms with Gasteiger partial charge in [-0.05, 0) is 30.7 Å². The van der Waals surface area contributed by atoms with Gasteiger partial charge in [-0.3, -0.25) is 9.59 Å². The van der Waals surface area contributed by atoms with Gasteiger partial charge in [0, 0.05) is 48.1 Å². The molecular weight excluding hydrogens is 437 g/mol. The van der Waals surface area contributed by atoms with E-state index >= 15 is 0 Å². The molecule has 4 nitrogen and oxygen atoms in total. The van der Waals surface area contributed by atoms with E-state index < -0.39 is 23.1 Å². The van der Waals surface area contributed by atoms with Crippen LogP contribution in [0, 0.1) is 6.92 Å². The van der Waals surface area contributed by atoms with Gasteiger partial charge in [-0.15, -0.1) is 11.8 Å². The lowest BCUT2D eigenvalue weighted by Crippen LogP contribution is -2.32. The number of aryl methyl sites for hydroxylation is 1. The molecule has 4 rings (SSSR count). The minimum atomic E-state index is -4.51. The molecule has 1 aliphatic heterocycles. The third-order valence-electron chi connectivity index (χ3n) is 5.46. The summed E-state index contributed by atoms with van der Waals surface area (Å²) in [6.07, 6.45) is -4.20. The molecule has 0 bridgehead atoms. The number of halogens is 3. The van der Waals surface area contributed by atoms with Crippen LogP contribution in [0.4, 0.5) is 13.2 Å². The maximum atomic E-state index is 13.5. The second-order valence-corrected chi connectivity index (χ2v) is 9.15. The number of alkyl halides is 3. The van der Waals surface area contributed by atoms with Gasteiger partial charge in [-0.2, -0.15) is 13.2 Å². The molecule has 2 heterocycles. The third kappa shape index (κ3) is 3.95. The number of benzene rings is 2. The zero-order valence-corrected chi connectivity index (χ0v) is 18.6. The van der Waals surface area contributed by atoms with E-state index in [0.717, 1.165) is 17.7 Å². The van der Waals surface area contributed by atoms with Crippen LogP contribution in [0.2, 0.25) is 0 Å². The molecule has 1 aliphatic rings. The molecule has 0 saturated heterocycles. The lowest BCUT2D eigenvalue weighted by Gasteiger charge is -2.22. The van der Waals surface area contributed by atoms with Gasteiger partial charge in [-0.25, -0.2) is 0 Å². The Kier molecular flexibility index (Phi) is 5.67. The SMILES string of the molecule is Cc1cc(=O)c(C(=O)N(C)C)c2n1-c1cc(C(F)(F)F)ccc1SC(c1ccccc1)C2. The molecule has 2 aromatic carbocycles. The fraction of sp³-hybridized carbons (Fsp3) is 0.250. The van der Waals surface area contributed by atoms with Crippen molar-refractivity contribution in [1.29, 1.82) is 0 Å². The average molecular weight is 459 g/mol. The Morgan fingerprint density at radius 3 is 2.41 bits per heavy atom. The standard InChI is InChI=1S/C24H21F3N2O2S/c1-14-11-19(30)22(23(31)28(2)3)18-13-21(15-7-5-4-6-8-15)32-20-10-9-16(24(25,26)27)12-17(20)29(14)18/h4-12,21H,13H2,1-3H3. The summed E-state index contributed by atoms with van der Waals surface area (Å²) in [5.74, 6) is -0.467. The highest BCUT2D eigenvalue weighted by Crippen LogP contribution is 2.45. The summed E-state index contributed by atoms with van der Waals surface area (Å²) in [5, 5.41) is -0.185.